The number of benzene rings is 1. The number of hydrogen-bond acceptors (Lipinski definition) is 6. The zero-order chi connectivity index (χ0) is 16.0. The molecule has 7 heteroatoms. The van der Waals surface area contributed by atoms with E-state index in [9.17, 15) is 8.42 Å². The molecule has 0 aromatic heterocycles. The average Bonchev–Trinajstić information content (AvgIpc) is 2.94. The molecule has 6 nitrogen and oxygen atoms in total. The second-order valence-corrected chi connectivity index (χ2v) is 8.08. The Hall–Kier alpha value is -1.31. The van der Waals surface area contributed by atoms with Gasteiger partial charge in [0.1, 0.15) is 0 Å². The fourth-order valence-electron chi connectivity index (χ4n) is 3.51. The Morgan fingerprint density at radius 2 is 2.09 bits per heavy atom. The van der Waals surface area contributed by atoms with Crippen molar-refractivity contribution in [3.8, 4) is 11.5 Å². The van der Waals surface area contributed by atoms with Crippen LogP contribution >= 0.6 is 0 Å². The predicted octanol–water partition coefficient (Wildman–Crippen LogP) is 0.907. The summed E-state index contributed by atoms with van der Waals surface area (Å²) in [6.45, 7) is 3.23. The summed E-state index contributed by atoms with van der Waals surface area (Å²) in [5.41, 5.74) is 6.29. The summed E-state index contributed by atoms with van der Waals surface area (Å²) in [6, 6.07) is 5.56. The van der Waals surface area contributed by atoms with Crippen molar-refractivity contribution in [1.82, 2.24) is 0 Å². The summed E-state index contributed by atoms with van der Waals surface area (Å²) in [4.78, 5) is 0. The molecule has 2 aliphatic rings. The van der Waals surface area contributed by atoms with Crippen LogP contribution in [0.25, 0.3) is 0 Å². The first-order chi connectivity index (χ1) is 10.4. The van der Waals surface area contributed by atoms with Gasteiger partial charge in [-0.25, -0.2) is 8.42 Å². The molecular weight excluding hydrogens is 306 g/mol. The summed E-state index contributed by atoms with van der Waals surface area (Å²) in [5.74, 6) is 1.16. The third-order valence-corrected chi connectivity index (χ3v) is 6.22. The summed E-state index contributed by atoms with van der Waals surface area (Å²) >= 11 is 0. The van der Waals surface area contributed by atoms with E-state index in [2.05, 4.69) is 0 Å². The molecule has 1 aliphatic carbocycles. The van der Waals surface area contributed by atoms with Gasteiger partial charge in [-0.15, -0.1) is 0 Å². The maximum Gasteiger partial charge on any atom is 0.231 e. The number of hydrogen-bond donors (Lipinski definition) is 1. The molecule has 2 N–H and O–H groups in total. The fraction of sp³-hybridized carbons (Fsp3) is 0.600. The molecule has 0 amide bonds. The van der Waals surface area contributed by atoms with Crippen molar-refractivity contribution in [2.75, 3.05) is 32.8 Å². The van der Waals surface area contributed by atoms with Gasteiger partial charge in [-0.1, -0.05) is 6.07 Å². The Kier molecular flexibility index (Phi) is 3.82. The number of fused-ring (bicyclic) bond motifs is 1. The van der Waals surface area contributed by atoms with Crippen molar-refractivity contribution in [2.45, 2.75) is 18.1 Å². The van der Waals surface area contributed by atoms with E-state index >= 15 is 0 Å². The molecule has 1 fully saturated rings. The lowest BCUT2D eigenvalue weighted by Crippen LogP contribution is -2.28. The van der Waals surface area contributed by atoms with Crippen LogP contribution in [0.15, 0.2) is 18.2 Å². The van der Waals surface area contributed by atoms with Gasteiger partial charge in [0.05, 0.1) is 11.9 Å². The number of nitrogens with two attached hydrogens (primary N) is 1. The molecule has 1 aromatic rings. The van der Waals surface area contributed by atoms with Crippen LogP contribution in [0, 0.1) is 5.41 Å². The van der Waals surface area contributed by atoms with E-state index in [0.717, 1.165) is 5.56 Å². The van der Waals surface area contributed by atoms with Crippen LogP contribution in [-0.2, 0) is 14.6 Å². The molecule has 0 spiro atoms. The van der Waals surface area contributed by atoms with Crippen LogP contribution in [0.3, 0.4) is 0 Å². The van der Waals surface area contributed by atoms with Crippen molar-refractivity contribution in [1.29, 1.82) is 0 Å². The lowest BCUT2D eigenvalue weighted by molar-refractivity contribution is 0.101. The van der Waals surface area contributed by atoms with Gasteiger partial charge >= 0.3 is 0 Å². The van der Waals surface area contributed by atoms with Gasteiger partial charge in [-0.3, -0.25) is 0 Å². The lowest BCUT2D eigenvalue weighted by atomic mass is 9.99. The van der Waals surface area contributed by atoms with Gasteiger partial charge in [-0.05, 0) is 24.6 Å². The van der Waals surface area contributed by atoms with Crippen LogP contribution in [0.2, 0.25) is 0 Å². The zero-order valence-corrected chi connectivity index (χ0v) is 13.6. The molecule has 0 unspecified atom stereocenters. The van der Waals surface area contributed by atoms with Gasteiger partial charge in [0, 0.05) is 30.7 Å². The molecule has 1 saturated carbocycles. The van der Waals surface area contributed by atoms with Gasteiger partial charge in [0.2, 0.25) is 6.79 Å². The van der Waals surface area contributed by atoms with E-state index in [1.54, 1.807) is 0 Å². The van der Waals surface area contributed by atoms with E-state index in [1.165, 1.54) is 6.26 Å². The SMILES string of the molecule is CCOC[C@@]1(CN)[C@@H](c2ccc3c(c2)OCO3)[C@@H]1S(C)(=O)=O. The van der Waals surface area contributed by atoms with Gasteiger partial charge in [0.25, 0.3) is 0 Å². The molecule has 1 heterocycles. The molecule has 3 atom stereocenters. The van der Waals surface area contributed by atoms with E-state index in [-0.39, 0.29) is 19.3 Å². The summed E-state index contributed by atoms with van der Waals surface area (Å²) in [6.07, 6.45) is 1.26. The Morgan fingerprint density at radius 1 is 1.36 bits per heavy atom. The Bertz CT molecular complexity index is 675. The van der Waals surface area contributed by atoms with Crippen molar-refractivity contribution < 1.29 is 22.6 Å². The highest BCUT2D eigenvalue weighted by Crippen LogP contribution is 2.63. The molecule has 22 heavy (non-hydrogen) atoms. The minimum Gasteiger partial charge on any atom is -0.454 e. The van der Waals surface area contributed by atoms with Gasteiger partial charge in [-0.2, -0.15) is 0 Å². The molecule has 0 bridgehead atoms. The van der Waals surface area contributed by atoms with Gasteiger partial charge in [0.15, 0.2) is 21.3 Å². The monoisotopic (exact) mass is 327 g/mol. The Labute approximate surface area is 130 Å². The van der Waals surface area contributed by atoms with Crippen molar-refractivity contribution in [2.24, 2.45) is 11.1 Å². The number of rotatable bonds is 6. The maximum atomic E-state index is 12.2. The first-order valence-corrected chi connectivity index (χ1v) is 9.25. The topological polar surface area (TPSA) is 87.8 Å². The molecule has 1 aliphatic heterocycles. The molecule has 1 aromatic carbocycles. The van der Waals surface area contributed by atoms with Crippen molar-refractivity contribution >= 4 is 9.84 Å². The van der Waals surface area contributed by atoms with Crippen molar-refractivity contribution in [3.63, 3.8) is 0 Å². The molecule has 0 saturated heterocycles. The first kappa shape index (κ1) is 15.6. The van der Waals surface area contributed by atoms with E-state index in [1.807, 2.05) is 25.1 Å². The quantitative estimate of drug-likeness (QED) is 0.835. The third kappa shape index (κ3) is 2.37. The number of ether oxygens (including phenoxy) is 3. The highest BCUT2D eigenvalue weighted by Gasteiger charge is 2.69. The van der Waals surface area contributed by atoms with Crippen LogP contribution in [0.1, 0.15) is 18.4 Å². The largest absolute Gasteiger partial charge is 0.454 e. The molecule has 0 radical (unpaired) electrons. The third-order valence-electron chi connectivity index (χ3n) is 4.55. The van der Waals surface area contributed by atoms with E-state index in [4.69, 9.17) is 19.9 Å². The normalized spacial score (nSPS) is 29.6. The molecule has 3 rings (SSSR count). The summed E-state index contributed by atoms with van der Waals surface area (Å²) in [5, 5.41) is -0.517. The van der Waals surface area contributed by atoms with Gasteiger partial charge < -0.3 is 19.9 Å². The second kappa shape index (κ2) is 5.40. The van der Waals surface area contributed by atoms with Crippen LogP contribution in [0.5, 0.6) is 11.5 Å². The smallest absolute Gasteiger partial charge is 0.231 e. The van der Waals surface area contributed by atoms with Crippen LogP contribution < -0.4 is 15.2 Å². The second-order valence-electron chi connectivity index (χ2n) is 5.91. The first-order valence-electron chi connectivity index (χ1n) is 7.30. The minimum absolute atomic E-state index is 0.173. The predicted molar refractivity (Wildman–Crippen MR) is 81.9 cm³/mol. The summed E-state index contributed by atoms with van der Waals surface area (Å²) < 4.78 is 40.6. The van der Waals surface area contributed by atoms with E-state index in [0.29, 0.717) is 24.7 Å². The maximum absolute atomic E-state index is 12.2. The highest BCUT2D eigenvalue weighted by molar-refractivity contribution is 7.91. The van der Waals surface area contributed by atoms with Crippen molar-refractivity contribution in [3.05, 3.63) is 23.8 Å². The molecule has 122 valence electrons. The van der Waals surface area contributed by atoms with Crippen LogP contribution in [0.4, 0.5) is 0 Å². The fourth-order valence-corrected chi connectivity index (χ4v) is 5.51. The highest BCUT2D eigenvalue weighted by atomic mass is 32.2. The Morgan fingerprint density at radius 3 is 2.73 bits per heavy atom. The number of sulfone groups is 1. The lowest BCUT2D eigenvalue weighted by Gasteiger charge is -2.15. The summed E-state index contributed by atoms with van der Waals surface area (Å²) in [7, 11) is -3.22. The van der Waals surface area contributed by atoms with E-state index < -0.39 is 20.5 Å². The minimum atomic E-state index is -3.22. The standard InChI is InChI=1S/C15H21NO5S/c1-3-19-8-15(7-16)13(14(15)22(2,17)18)10-4-5-11-12(6-10)21-9-20-11/h4-6,13-14H,3,7-9,16H2,1-2H3/t13-,14-,15-/m0/s1. The molecular formula is C15H21NO5S. The van der Waals surface area contributed by atoms with Crippen LogP contribution in [-0.4, -0.2) is 46.5 Å². The zero-order valence-electron chi connectivity index (χ0n) is 12.7. The Balaban J connectivity index is 1.96. The average molecular weight is 327 g/mol.